The van der Waals surface area contributed by atoms with Crippen LogP contribution in [0.1, 0.15) is 11.1 Å². The Balaban J connectivity index is 1.63. The van der Waals surface area contributed by atoms with Gasteiger partial charge < -0.3 is 10.6 Å². The maximum atomic E-state index is 13.6. The third kappa shape index (κ3) is 3.97. The number of anilines is 2. The Hall–Kier alpha value is -2.73. The van der Waals surface area contributed by atoms with E-state index in [4.69, 9.17) is 12.2 Å². The minimum atomic E-state index is -0.355. The Morgan fingerprint density at radius 3 is 2.62 bits per heavy atom. The predicted molar refractivity (Wildman–Crippen MR) is 98.8 cm³/mol. The molecule has 3 aromatic rings. The molecule has 2 N–H and O–H groups in total. The first-order valence-corrected chi connectivity index (χ1v) is 7.93. The first-order valence-electron chi connectivity index (χ1n) is 7.52. The van der Waals surface area contributed by atoms with Crippen LogP contribution in [0.5, 0.6) is 0 Å². The van der Waals surface area contributed by atoms with Gasteiger partial charge in [-0.05, 0) is 42.4 Å². The monoisotopic (exact) mass is 340 g/mol. The van der Waals surface area contributed by atoms with E-state index in [9.17, 15) is 4.39 Å². The average Bonchev–Trinajstić information content (AvgIpc) is 2.99. The molecule has 0 fully saturated rings. The summed E-state index contributed by atoms with van der Waals surface area (Å²) in [7, 11) is 0. The molecular formula is C18H17FN4S. The molecular weight excluding hydrogens is 323 g/mol. The lowest BCUT2D eigenvalue weighted by atomic mass is 10.1. The lowest BCUT2D eigenvalue weighted by Crippen LogP contribution is -2.20. The molecule has 0 bridgehead atoms. The molecule has 6 heteroatoms. The third-order valence-electron chi connectivity index (χ3n) is 3.60. The fraction of sp³-hybridized carbons (Fsp3) is 0.111. The molecule has 0 atom stereocenters. The van der Waals surface area contributed by atoms with Crippen molar-refractivity contribution < 1.29 is 4.39 Å². The van der Waals surface area contributed by atoms with E-state index >= 15 is 0 Å². The van der Waals surface area contributed by atoms with Crippen molar-refractivity contribution >= 4 is 28.8 Å². The quantitative estimate of drug-likeness (QED) is 0.699. The van der Waals surface area contributed by atoms with Crippen LogP contribution in [0.2, 0.25) is 0 Å². The van der Waals surface area contributed by atoms with E-state index in [2.05, 4.69) is 34.8 Å². The van der Waals surface area contributed by atoms with Crippen LogP contribution in [-0.2, 0) is 6.54 Å². The minimum absolute atomic E-state index is 0.293. The summed E-state index contributed by atoms with van der Waals surface area (Å²) in [6.07, 6.45) is 1.88. The molecule has 0 aliphatic carbocycles. The Bertz CT molecular complexity index is 859. The number of rotatable bonds is 4. The van der Waals surface area contributed by atoms with Crippen molar-refractivity contribution in [1.29, 1.82) is 0 Å². The molecule has 1 aromatic heterocycles. The van der Waals surface area contributed by atoms with Gasteiger partial charge in [-0.25, -0.2) is 4.39 Å². The summed E-state index contributed by atoms with van der Waals surface area (Å²) < 4.78 is 15.4. The van der Waals surface area contributed by atoms with Crippen LogP contribution in [0.4, 0.5) is 15.9 Å². The number of nitrogens with one attached hydrogen (secondary N) is 2. The van der Waals surface area contributed by atoms with Gasteiger partial charge in [0.2, 0.25) is 0 Å². The largest absolute Gasteiger partial charge is 0.330 e. The molecule has 3 rings (SSSR count). The lowest BCUT2D eigenvalue weighted by molar-refractivity contribution is 0.632. The zero-order chi connectivity index (χ0) is 16.9. The number of benzene rings is 2. The second-order valence-corrected chi connectivity index (χ2v) is 5.79. The molecule has 1 heterocycles. The Morgan fingerprint density at radius 2 is 1.83 bits per heavy atom. The Kier molecular flexibility index (Phi) is 4.86. The normalized spacial score (nSPS) is 10.4. The molecule has 0 aliphatic heterocycles. The van der Waals surface area contributed by atoms with E-state index in [1.54, 1.807) is 18.2 Å². The molecule has 0 saturated carbocycles. The topological polar surface area (TPSA) is 41.9 Å². The van der Waals surface area contributed by atoms with Crippen LogP contribution in [0, 0.1) is 12.7 Å². The van der Waals surface area contributed by atoms with E-state index in [0.717, 1.165) is 0 Å². The molecule has 0 amide bonds. The van der Waals surface area contributed by atoms with Crippen molar-refractivity contribution in [3.05, 3.63) is 77.7 Å². The number of hydrogen-bond donors (Lipinski definition) is 2. The van der Waals surface area contributed by atoms with E-state index in [1.165, 1.54) is 17.2 Å². The van der Waals surface area contributed by atoms with Crippen LogP contribution in [-0.4, -0.2) is 14.9 Å². The van der Waals surface area contributed by atoms with E-state index in [1.807, 2.05) is 29.1 Å². The Labute approximate surface area is 145 Å². The molecule has 4 nitrogen and oxygen atoms in total. The summed E-state index contributed by atoms with van der Waals surface area (Å²) in [4.78, 5) is 0. The first-order chi connectivity index (χ1) is 11.6. The van der Waals surface area contributed by atoms with Gasteiger partial charge in [-0.2, -0.15) is 5.10 Å². The van der Waals surface area contributed by atoms with Gasteiger partial charge in [0.25, 0.3) is 0 Å². The van der Waals surface area contributed by atoms with Crippen LogP contribution in [0.3, 0.4) is 0 Å². The number of nitrogens with zero attached hydrogens (tertiary/aromatic N) is 2. The van der Waals surface area contributed by atoms with Crippen LogP contribution in [0.15, 0.2) is 60.8 Å². The average molecular weight is 340 g/mol. The summed E-state index contributed by atoms with van der Waals surface area (Å²) >= 11 is 5.20. The molecule has 0 radical (unpaired) electrons. The maximum absolute atomic E-state index is 13.6. The number of aromatic nitrogens is 2. The van der Waals surface area contributed by atoms with Crippen molar-refractivity contribution in [3.63, 3.8) is 0 Å². The van der Waals surface area contributed by atoms with E-state index < -0.39 is 0 Å². The SMILES string of the molecule is Cc1ccccc1Cn1ccc(NC(=S)Nc2ccccc2F)n1. The highest BCUT2D eigenvalue weighted by Crippen LogP contribution is 2.14. The van der Waals surface area contributed by atoms with E-state index in [-0.39, 0.29) is 5.82 Å². The van der Waals surface area contributed by atoms with Crippen molar-refractivity contribution in [3.8, 4) is 0 Å². The Morgan fingerprint density at radius 1 is 1.08 bits per heavy atom. The van der Waals surface area contributed by atoms with Gasteiger partial charge in [-0.1, -0.05) is 36.4 Å². The van der Waals surface area contributed by atoms with Crippen molar-refractivity contribution in [1.82, 2.24) is 9.78 Å². The van der Waals surface area contributed by atoms with Gasteiger partial charge in [-0.3, -0.25) is 4.68 Å². The molecule has 0 saturated heterocycles. The van der Waals surface area contributed by atoms with Gasteiger partial charge in [0.1, 0.15) is 5.82 Å². The third-order valence-corrected chi connectivity index (χ3v) is 3.80. The minimum Gasteiger partial charge on any atom is -0.330 e. The van der Waals surface area contributed by atoms with Crippen LogP contribution in [0.25, 0.3) is 0 Å². The zero-order valence-electron chi connectivity index (χ0n) is 13.2. The number of aryl methyl sites for hydroxylation is 1. The van der Waals surface area contributed by atoms with Crippen molar-refractivity contribution in [2.45, 2.75) is 13.5 Å². The summed E-state index contributed by atoms with van der Waals surface area (Å²) in [5.41, 5.74) is 2.76. The summed E-state index contributed by atoms with van der Waals surface area (Å²) in [5.74, 6) is 0.254. The molecule has 0 aliphatic rings. The van der Waals surface area contributed by atoms with Gasteiger partial charge in [0.15, 0.2) is 10.9 Å². The van der Waals surface area contributed by atoms with Gasteiger partial charge in [-0.15, -0.1) is 0 Å². The second kappa shape index (κ2) is 7.23. The van der Waals surface area contributed by atoms with Crippen LogP contribution < -0.4 is 10.6 Å². The highest BCUT2D eigenvalue weighted by atomic mass is 32.1. The molecule has 0 unspecified atom stereocenters. The standard InChI is InChI=1S/C18H17FN4S/c1-13-6-2-3-7-14(13)12-23-11-10-17(22-23)21-18(24)20-16-9-5-4-8-15(16)19/h2-11H,12H2,1H3,(H2,20,21,22,24). The summed E-state index contributed by atoms with van der Waals surface area (Å²) in [5, 5.41) is 10.5. The molecule has 0 spiro atoms. The molecule has 122 valence electrons. The number of para-hydroxylation sites is 1. The highest BCUT2D eigenvalue weighted by Gasteiger charge is 2.06. The summed E-state index contributed by atoms with van der Waals surface area (Å²) in [6, 6.07) is 16.4. The van der Waals surface area contributed by atoms with Crippen LogP contribution >= 0.6 is 12.2 Å². The van der Waals surface area contributed by atoms with Crippen molar-refractivity contribution in [2.24, 2.45) is 0 Å². The predicted octanol–water partition coefficient (Wildman–Crippen LogP) is 4.19. The number of halogens is 1. The maximum Gasteiger partial charge on any atom is 0.176 e. The van der Waals surface area contributed by atoms with Gasteiger partial charge in [0, 0.05) is 12.3 Å². The number of hydrogen-bond acceptors (Lipinski definition) is 2. The van der Waals surface area contributed by atoms with Gasteiger partial charge in [0.05, 0.1) is 12.2 Å². The first kappa shape index (κ1) is 16.1. The fourth-order valence-corrected chi connectivity index (χ4v) is 2.53. The highest BCUT2D eigenvalue weighted by molar-refractivity contribution is 7.80. The molecule has 2 aromatic carbocycles. The van der Waals surface area contributed by atoms with Gasteiger partial charge >= 0.3 is 0 Å². The molecule has 24 heavy (non-hydrogen) atoms. The second-order valence-electron chi connectivity index (χ2n) is 5.38. The fourth-order valence-electron chi connectivity index (χ4n) is 2.31. The van der Waals surface area contributed by atoms with E-state index in [0.29, 0.717) is 23.2 Å². The zero-order valence-corrected chi connectivity index (χ0v) is 14.0. The van der Waals surface area contributed by atoms with Crippen molar-refractivity contribution in [2.75, 3.05) is 10.6 Å². The lowest BCUT2D eigenvalue weighted by Gasteiger charge is -2.09. The summed E-state index contributed by atoms with van der Waals surface area (Å²) in [6.45, 7) is 2.76. The number of thiocarbonyl (C=S) groups is 1. The smallest absolute Gasteiger partial charge is 0.176 e.